The van der Waals surface area contributed by atoms with Gasteiger partial charge in [0.2, 0.25) is 0 Å². The molecule has 1 unspecified atom stereocenters. The van der Waals surface area contributed by atoms with E-state index >= 15 is 0 Å². The summed E-state index contributed by atoms with van der Waals surface area (Å²) in [7, 11) is 1.52. The highest BCUT2D eigenvalue weighted by atomic mass is 32.2. The van der Waals surface area contributed by atoms with E-state index in [0.29, 0.717) is 11.4 Å². The molecule has 0 spiro atoms. The smallest absolute Gasteiger partial charge is 0.387 e. The summed E-state index contributed by atoms with van der Waals surface area (Å²) in [4.78, 5) is 11.0. The first kappa shape index (κ1) is 18.3. The minimum Gasteiger partial charge on any atom is -0.609 e. The van der Waals surface area contributed by atoms with Crippen molar-refractivity contribution in [3.8, 4) is 11.5 Å². The van der Waals surface area contributed by atoms with Gasteiger partial charge in [-0.15, -0.1) is 0 Å². The van der Waals surface area contributed by atoms with Crippen LogP contribution in [-0.2, 0) is 16.9 Å². The molecule has 1 atom stereocenters. The normalized spacial score (nSPS) is 12.6. The number of fused-ring (bicyclic) bond motifs is 1. The molecular weight excluding hydrogens is 371 g/mol. The predicted molar refractivity (Wildman–Crippen MR) is 88.3 cm³/mol. The van der Waals surface area contributed by atoms with E-state index in [1.54, 1.807) is 19.2 Å². The number of ether oxygens (including phenoxy) is 2. The number of nitrogens with zero attached hydrogens (tertiary/aromatic N) is 2. The molecule has 1 aromatic carbocycles. The first-order chi connectivity index (χ1) is 12.4. The Morgan fingerprint density at radius 3 is 2.77 bits per heavy atom. The average Bonchev–Trinajstić information content (AvgIpc) is 2.99. The molecule has 3 rings (SSSR count). The summed E-state index contributed by atoms with van der Waals surface area (Å²) < 4.78 is 60.2. The highest BCUT2D eigenvalue weighted by molar-refractivity contribution is 7.90. The van der Waals surface area contributed by atoms with Crippen molar-refractivity contribution in [2.75, 3.05) is 7.11 Å². The third kappa shape index (κ3) is 3.70. The van der Waals surface area contributed by atoms with Crippen LogP contribution in [0.2, 0.25) is 0 Å². The van der Waals surface area contributed by atoms with E-state index in [4.69, 9.17) is 4.74 Å². The lowest BCUT2D eigenvalue weighted by molar-refractivity contribution is -0.0520. The van der Waals surface area contributed by atoms with Crippen LogP contribution in [0, 0.1) is 12.7 Å². The molecule has 138 valence electrons. The molecule has 0 aliphatic rings. The van der Waals surface area contributed by atoms with Gasteiger partial charge in [0.1, 0.15) is 5.75 Å². The van der Waals surface area contributed by atoms with Gasteiger partial charge in [-0.05, 0) is 13.0 Å². The molecule has 0 saturated carbocycles. The van der Waals surface area contributed by atoms with E-state index in [9.17, 15) is 17.7 Å². The molecule has 0 aliphatic heterocycles. The molecule has 0 radical (unpaired) electrons. The van der Waals surface area contributed by atoms with E-state index in [2.05, 4.69) is 19.7 Å². The lowest BCUT2D eigenvalue weighted by Gasteiger charge is -2.10. The van der Waals surface area contributed by atoms with Crippen molar-refractivity contribution in [2.24, 2.45) is 0 Å². The van der Waals surface area contributed by atoms with Gasteiger partial charge in [-0.2, -0.15) is 13.8 Å². The molecule has 3 aromatic rings. The van der Waals surface area contributed by atoms with Crippen LogP contribution < -0.4 is 9.47 Å². The second kappa shape index (κ2) is 7.42. The second-order valence-electron chi connectivity index (χ2n) is 5.30. The number of nitrogens with one attached hydrogen (secondary N) is 1. The highest BCUT2D eigenvalue weighted by Gasteiger charge is 2.22. The molecule has 0 aliphatic carbocycles. The van der Waals surface area contributed by atoms with Crippen LogP contribution >= 0.6 is 0 Å². The molecule has 2 aromatic heterocycles. The van der Waals surface area contributed by atoms with E-state index in [1.807, 2.05) is 0 Å². The lowest BCUT2D eigenvalue weighted by Crippen LogP contribution is -2.10. The number of benzene rings is 1. The summed E-state index contributed by atoms with van der Waals surface area (Å²) in [5.74, 6) is -0.913. The third-order valence-corrected chi connectivity index (χ3v) is 4.85. The number of methoxy groups -OCH3 is 1. The second-order valence-corrected chi connectivity index (χ2v) is 6.66. The number of aromatic amines is 1. The van der Waals surface area contributed by atoms with Crippen LogP contribution in [0.4, 0.5) is 13.2 Å². The van der Waals surface area contributed by atoms with E-state index in [0.717, 1.165) is 17.7 Å². The molecular formula is C16H14F3N3O3S. The van der Waals surface area contributed by atoms with E-state index in [1.165, 1.54) is 7.11 Å². The Bertz CT molecular complexity index is 936. The number of pyridine rings is 1. The fourth-order valence-electron chi connectivity index (χ4n) is 2.40. The first-order valence-corrected chi connectivity index (χ1v) is 8.72. The minimum absolute atomic E-state index is 0.0612. The quantitative estimate of drug-likeness (QED) is 0.658. The number of aromatic nitrogens is 3. The summed E-state index contributed by atoms with van der Waals surface area (Å²) >= 11 is -1.61. The number of hydrogen-bond donors (Lipinski definition) is 1. The van der Waals surface area contributed by atoms with Crippen LogP contribution in [0.3, 0.4) is 0 Å². The van der Waals surface area contributed by atoms with Gasteiger partial charge < -0.3 is 14.0 Å². The van der Waals surface area contributed by atoms with Gasteiger partial charge in [0.05, 0.1) is 23.8 Å². The van der Waals surface area contributed by atoms with E-state index in [-0.39, 0.29) is 21.9 Å². The molecule has 26 heavy (non-hydrogen) atoms. The Hall–Kier alpha value is -2.46. The molecule has 10 heteroatoms. The molecule has 1 N–H and O–H groups in total. The SMILES string of the molecule is COc1ccnc(C[S+]([O-])c2nc3cc(OC(F)F)c(F)cc3[nH]2)c1C. The standard InChI is InChI=1S/C16H14F3N3O3S/c1-8-12(20-4-3-13(8)24-2)7-26(23)16-21-10-5-9(17)14(25-15(18)19)6-11(10)22-16/h3-6,15H,7H2,1-2H3,(H,21,22). The fraction of sp³-hybridized carbons (Fsp3) is 0.250. The Morgan fingerprint density at radius 1 is 1.31 bits per heavy atom. The van der Waals surface area contributed by atoms with Gasteiger partial charge in [0.15, 0.2) is 17.3 Å². The summed E-state index contributed by atoms with van der Waals surface area (Å²) in [6.45, 7) is -1.36. The van der Waals surface area contributed by atoms with Crippen molar-refractivity contribution in [3.05, 3.63) is 41.5 Å². The molecule has 0 fully saturated rings. The molecule has 2 heterocycles. The zero-order chi connectivity index (χ0) is 18.8. The molecule has 0 saturated heterocycles. The van der Waals surface area contributed by atoms with Crippen LogP contribution in [-0.4, -0.2) is 33.2 Å². The largest absolute Gasteiger partial charge is 0.609 e. The zero-order valence-electron chi connectivity index (χ0n) is 13.8. The Labute approximate surface area is 149 Å². The Balaban J connectivity index is 1.88. The molecule has 6 nitrogen and oxygen atoms in total. The van der Waals surface area contributed by atoms with Gasteiger partial charge in [0, 0.05) is 35.1 Å². The van der Waals surface area contributed by atoms with Crippen LogP contribution in [0.5, 0.6) is 11.5 Å². The number of alkyl halides is 2. The summed E-state index contributed by atoms with van der Waals surface area (Å²) in [5.41, 5.74) is 1.71. The van der Waals surface area contributed by atoms with E-state index < -0.39 is 29.4 Å². The van der Waals surface area contributed by atoms with Gasteiger partial charge in [0.25, 0.3) is 0 Å². The molecule has 0 amide bonds. The number of hydrogen-bond acceptors (Lipinski definition) is 5. The van der Waals surface area contributed by atoms with Gasteiger partial charge in [-0.3, -0.25) is 9.97 Å². The van der Waals surface area contributed by atoms with Gasteiger partial charge in [-0.25, -0.2) is 4.39 Å². The first-order valence-electron chi connectivity index (χ1n) is 7.40. The maximum absolute atomic E-state index is 13.8. The number of imidazole rings is 1. The monoisotopic (exact) mass is 385 g/mol. The number of H-pyrrole nitrogens is 1. The van der Waals surface area contributed by atoms with Crippen molar-refractivity contribution in [2.45, 2.75) is 24.4 Å². The van der Waals surface area contributed by atoms with Crippen molar-refractivity contribution >= 4 is 22.2 Å². The summed E-state index contributed by atoms with van der Waals surface area (Å²) in [6.07, 6.45) is 1.54. The van der Waals surface area contributed by atoms with Crippen LogP contribution in [0.1, 0.15) is 11.3 Å². The summed E-state index contributed by atoms with van der Waals surface area (Å²) in [6, 6.07) is 3.69. The zero-order valence-corrected chi connectivity index (χ0v) is 14.6. The lowest BCUT2D eigenvalue weighted by atomic mass is 10.2. The Kier molecular flexibility index (Phi) is 5.23. The van der Waals surface area contributed by atoms with Crippen molar-refractivity contribution in [1.29, 1.82) is 0 Å². The Morgan fingerprint density at radius 2 is 2.08 bits per heavy atom. The number of rotatable bonds is 6. The highest BCUT2D eigenvalue weighted by Crippen LogP contribution is 2.27. The fourth-order valence-corrected chi connectivity index (χ4v) is 3.50. The van der Waals surface area contributed by atoms with Crippen molar-refractivity contribution in [1.82, 2.24) is 15.0 Å². The van der Waals surface area contributed by atoms with Gasteiger partial charge >= 0.3 is 11.8 Å². The predicted octanol–water partition coefficient (Wildman–Crippen LogP) is 3.32. The average molecular weight is 385 g/mol. The third-order valence-electron chi connectivity index (χ3n) is 3.69. The molecule has 0 bridgehead atoms. The maximum Gasteiger partial charge on any atom is 0.387 e. The van der Waals surface area contributed by atoms with Gasteiger partial charge in [-0.1, -0.05) is 0 Å². The maximum atomic E-state index is 13.8. The van der Waals surface area contributed by atoms with Crippen molar-refractivity contribution < 1.29 is 27.2 Å². The van der Waals surface area contributed by atoms with Crippen LogP contribution in [0.15, 0.2) is 29.6 Å². The number of halogens is 3. The minimum atomic E-state index is -3.16. The topological polar surface area (TPSA) is 83.1 Å². The van der Waals surface area contributed by atoms with Crippen LogP contribution in [0.25, 0.3) is 11.0 Å². The van der Waals surface area contributed by atoms with Crippen molar-refractivity contribution in [3.63, 3.8) is 0 Å². The summed E-state index contributed by atoms with van der Waals surface area (Å²) in [5, 5.41) is 0.0811.